The van der Waals surface area contributed by atoms with Crippen LogP contribution in [-0.2, 0) is 10.0 Å². The molecule has 1 amide bonds. The molecule has 3 aromatic carbocycles. The van der Waals surface area contributed by atoms with Crippen LogP contribution in [0.1, 0.15) is 10.4 Å². The lowest BCUT2D eigenvalue weighted by Crippen LogP contribution is -2.30. The number of carbonyl (C=O) groups is 1. The summed E-state index contributed by atoms with van der Waals surface area (Å²) in [5.41, 5.74) is 0.857. The minimum atomic E-state index is -3.66. The molecule has 0 aliphatic rings. The van der Waals surface area contributed by atoms with Gasteiger partial charge in [0.1, 0.15) is 12.4 Å². The summed E-state index contributed by atoms with van der Waals surface area (Å²) in [4.78, 5) is 14.3. The second kappa shape index (κ2) is 9.25. The first-order valence-electron chi connectivity index (χ1n) is 9.07. The molecule has 1 N–H and O–H groups in total. The molecule has 150 valence electrons. The summed E-state index contributed by atoms with van der Waals surface area (Å²) >= 11 is 0. The molecule has 0 unspecified atom stereocenters. The first kappa shape index (κ1) is 20.4. The zero-order valence-corrected chi connectivity index (χ0v) is 16.8. The van der Waals surface area contributed by atoms with Gasteiger partial charge in [0.15, 0.2) is 0 Å². The van der Waals surface area contributed by atoms with Crippen LogP contribution in [0.15, 0.2) is 89.8 Å². The van der Waals surface area contributed by atoms with Crippen LogP contribution in [0.3, 0.4) is 0 Å². The van der Waals surface area contributed by atoms with Crippen LogP contribution in [0.2, 0.25) is 0 Å². The SMILES string of the molecule is CN(CCOc1ccccc1)C(=O)c1ccc(NS(=O)(=O)c2ccccc2)cc1. The van der Waals surface area contributed by atoms with Crippen molar-refractivity contribution in [3.05, 3.63) is 90.5 Å². The molecule has 0 saturated heterocycles. The highest BCUT2D eigenvalue weighted by Gasteiger charge is 2.15. The van der Waals surface area contributed by atoms with Crippen LogP contribution in [0.4, 0.5) is 5.69 Å². The van der Waals surface area contributed by atoms with Gasteiger partial charge in [-0.15, -0.1) is 0 Å². The Balaban J connectivity index is 1.57. The molecule has 29 heavy (non-hydrogen) atoms. The molecule has 0 spiro atoms. The summed E-state index contributed by atoms with van der Waals surface area (Å²) in [6.45, 7) is 0.803. The first-order valence-corrected chi connectivity index (χ1v) is 10.6. The van der Waals surface area contributed by atoms with Crippen LogP contribution >= 0.6 is 0 Å². The monoisotopic (exact) mass is 410 g/mol. The van der Waals surface area contributed by atoms with Crippen molar-refractivity contribution in [3.63, 3.8) is 0 Å². The molecular formula is C22H22N2O4S. The zero-order chi connectivity index (χ0) is 20.7. The summed E-state index contributed by atoms with van der Waals surface area (Å²) in [6.07, 6.45) is 0. The molecule has 6 nitrogen and oxygen atoms in total. The molecule has 0 bridgehead atoms. The van der Waals surface area contributed by atoms with Crippen molar-refractivity contribution in [1.82, 2.24) is 4.90 Å². The number of para-hydroxylation sites is 1. The standard InChI is InChI=1S/C22H22N2O4S/c1-24(16-17-28-20-8-4-2-5-9-20)22(25)18-12-14-19(15-13-18)23-29(26,27)21-10-6-3-7-11-21/h2-15,23H,16-17H2,1H3. The van der Waals surface area contributed by atoms with E-state index in [1.807, 2.05) is 30.3 Å². The van der Waals surface area contributed by atoms with E-state index in [9.17, 15) is 13.2 Å². The molecule has 0 fully saturated rings. The van der Waals surface area contributed by atoms with Gasteiger partial charge in [-0.2, -0.15) is 0 Å². The Morgan fingerprint density at radius 2 is 1.48 bits per heavy atom. The number of amides is 1. The highest BCUT2D eigenvalue weighted by molar-refractivity contribution is 7.92. The highest BCUT2D eigenvalue weighted by Crippen LogP contribution is 2.17. The maximum atomic E-state index is 12.5. The molecule has 0 radical (unpaired) electrons. The summed E-state index contributed by atoms with van der Waals surface area (Å²) in [5, 5.41) is 0. The van der Waals surface area contributed by atoms with Gasteiger partial charge in [-0.25, -0.2) is 8.42 Å². The lowest BCUT2D eigenvalue weighted by Gasteiger charge is -2.18. The number of carbonyl (C=O) groups excluding carboxylic acids is 1. The van der Waals surface area contributed by atoms with E-state index in [2.05, 4.69) is 4.72 Å². The van der Waals surface area contributed by atoms with Crippen molar-refractivity contribution < 1.29 is 17.9 Å². The number of likely N-dealkylation sites (N-methyl/N-ethyl adjacent to an activating group) is 1. The van der Waals surface area contributed by atoms with E-state index >= 15 is 0 Å². The van der Waals surface area contributed by atoms with Crippen LogP contribution in [0.25, 0.3) is 0 Å². The number of rotatable bonds is 8. The minimum Gasteiger partial charge on any atom is -0.492 e. The topological polar surface area (TPSA) is 75.7 Å². The van der Waals surface area contributed by atoms with Gasteiger partial charge in [0.25, 0.3) is 15.9 Å². The smallest absolute Gasteiger partial charge is 0.261 e. The highest BCUT2D eigenvalue weighted by atomic mass is 32.2. The van der Waals surface area contributed by atoms with Crippen LogP contribution in [-0.4, -0.2) is 39.4 Å². The number of nitrogens with one attached hydrogen (secondary N) is 1. The number of benzene rings is 3. The normalized spacial score (nSPS) is 10.9. The Hall–Kier alpha value is -3.32. The van der Waals surface area contributed by atoms with Gasteiger partial charge in [-0.05, 0) is 48.5 Å². The molecular weight excluding hydrogens is 388 g/mol. The summed E-state index contributed by atoms with van der Waals surface area (Å²) < 4.78 is 32.8. The van der Waals surface area contributed by atoms with E-state index in [0.29, 0.717) is 24.4 Å². The first-order chi connectivity index (χ1) is 14.0. The number of hydrogen-bond acceptors (Lipinski definition) is 4. The maximum Gasteiger partial charge on any atom is 0.261 e. The fourth-order valence-corrected chi connectivity index (χ4v) is 3.71. The van der Waals surface area contributed by atoms with Gasteiger partial charge in [0.05, 0.1) is 11.4 Å². The molecule has 0 aliphatic carbocycles. The minimum absolute atomic E-state index is 0.167. The molecule has 0 aliphatic heterocycles. The third-order valence-corrected chi connectivity index (χ3v) is 5.62. The summed E-state index contributed by atoms with van der Waals surface area (Å²) in [6, 6.07) is 23.8. The number of ether oxygens (including phenoxy) is 1. The molecule has 0 aromatic heterocycles. The van der Waals surface area contributed by atoms with Crippen molar-refractivity contribution in [1.29, 1.82) is 0 Å². The predicted octanol–water partition coefficient (Wildman–Crippen LogP) is 3.64. The van der Waals surface area contributed by atoms with Crippen LogP contribution in [0.5, 0.6) is 5.75 Å². The fourth-order valence-electron chi connectivity index (χ4n) is 2.63. The molecule has 0 atom stereocenters. The average Bonchev–Trinajstić information content (AvgIpc) is 2.75. The third kappa shape index (κ3) is 5.58. The zero-order valence-electron chi connectivity index (χ0n) is 16.0. The number of nitrogens with zero attached hydrogens (tertiary/aromatic N) is 1. The van der Waals surface area contributed by atoms with E-state index < -0.39 is 10.0 Å². The van der Waals surface area contributed by atoms with E-state index in [1.54, 1.807) is 54.4 Å². The Labute approximate surface area is 170 Å². The van der Waals surface area contributed by atoms with Gasteiger partial charge in [0.2, 0.25) is 0 Å². The van der Waals surface area contributed by atoms with E-state index in [4.69, 9.17) is 4.74 Å². The lowest BCUT2D eigenvalue weighted by molar-refractivity contribution is 0.0774. The second-order valence-corrected chi connectivity index (χ2v) is 8.07. The van der Waals surface area contributed by atoms with Crippen molar-refractivity contribution in [2.24, 2.45) is 0 Å². The van der Waals surface area contributed by atoms with Crippen LogP contribution in [0, 0.1) is 0 Å². The fraction of sp³-hybridized carbons (Fsp3) is 0.136. The van der Waals surface area contributed by atoms with Crippen LogP contribution < -0.4 is 9.46 Å². The maximum absolute atomic E-state index is 12.5. The number of hydrogen-bond donors (Lipinski definition) is 1. The van der Waals surface area contributed by atoms with Gasteiger partial charge < -0.3 is 9.64 Å². The van der Waals surface area contributed by atoms with Crippen molar-refractivity contribution in [2.75, 3.05) is 24.9 Å². The lowest BCUT2D eigenvalue weighted by atomic mass is 10.2. The van der Waals surface area contributed by atoms with E-state index in [-0.39, 0.29) is 10.8 Å². The average molecular weight is 410 g/mol. The largest absolute Gasteiger partial charge is 0.492 e. The Morgan fingerprint density at radius 3 is 2.10 bits per heavy atom. The molecule has 0 saturated carbocycles. The van der Waals surface area contributed by atoms with Gasteiger partial charge >= 0.3 is 0 Å². The van der Waals surface area contributed by atoms with E-state index in [0.717, 1.165) is 5.75 Å². The quantitative estimate of drug-likeness (QED) is 0.615. The van der Waals surface area contributed by atoms with Crippen molar-refractivity contribution in [3.8, 4) is 5.75 Å². The molecule has 3 rings (SSSR count). The third-order valence-electron chi connectivity index (χ3n) is 4.22. The Morgan fingerprint density at radius 1 is 0.897 bits per heavy atom. The summed E-state index contributed by atoms with van der Waals surface area (Å²) in [7, 11) is -1.97. The van der Waals surface area contributed by atoms with Gasteiger partial charge in [0, 0.05) is 18.3 Å². The van der Waals surface area contributed by atoms with Crippen molar-refractivity contribution >= 4 is 21.6 Å². The van der Waals surface area contributed by atoms with Gasteiger partial charge in [-0.1, -0.05) is 36.4 Å². The molecule has 0 heterocycles. The summed E-state index contributed by atoms with van der Waals surface area (Å²) in [5.74, 6) is 0.586. The second-order valence-electron chi connectivity index (χ2n) is 6.38. The predicted molar refractivity (Wildman–Crippen MR) is 113 cm³/mol. The van der Waals surface area contributed by atoms with Gasteiger partial charge in [-0.3, -0.25) is 9.52 Å². The number of anilines is 1. The molecule has 7 heteroatoms. The van der Waals surface area contributed by atoms with E-state index in [1.165, 1.54) is 12.1 Å². The Bertz CT molecular complexity index is 1040. The Kier molecular flexibility index (Phi) is 6.51. The number of sulfonamides is 1. The van der Waals surface area contributed by atoms with Crippen molar-refractivity contribution in [2.45, 2.75) is 4.90 Å². The molecule has 3 aromatic rings.